The highest BCUT2D eigenvalue weighted by Crippen LogP contribution is 2.47. The molecule has 0 spiro atoms. The second-order valence-electron chi connectivity index (χ2n) is 10.1. The molecule has 206 valence electrons. The van der Waals surface area contributed by atoms with E-state index in [1.54, 1.807) is 24.3 Å². The van der Waals surface area contributed by atoms with Gasteiger partial charge in [-0.3, -0.25) is 0 Å². The summed E-state index contributed by atoms with van der Waals surface area (Å²) in [7, 11) is 0. The molecule has 0 aliphatic rings. The third-order valence-electron chi connectivity index (χ3n) is 8.62. The molecule has 6 heteroatoms. The van der Waals surface area contributed by atoms with E-state index in [1.165, 1.54) is 0 Å². The van der Waals surface area contributed by atoms with Crippen molar-refractivity contribution in [3.8, 4) is 11.5 Å². The fourth-order valence-electron chi connectivity index (χ4n) is 6.65. The highest BCUT2D eigenvalue weighted by Gasteiger charge is 2.38. The minimum absolute atomic E-state index is 0.0160. The number of hydrogen-bond acceptors (Lipinski definition) is 6. The van der Waals surface area contributed by atoms with Gasteiger partial charge in [0.2, 0.25) is 0 Å². The van der Waals surface area contributed by atoms with Crippen LogP contribution in [0.1, 0.15) is 97.9 Å². The van der Waals surface area contributed by atoms with E-state index in [-0.39, 0.29) is 37.9 Å². The highest BCUT2D eigenvalue weighted by atomic mass is 16.3. The lowest BCUT2D eigenvalue weighted by Gasteiger charge is -2.39. The van der Waals surface area contributed by atoms with Crippen molar-refractivity contribution < 1.29 is 30.6 Å². The maximum Gasteiger partial charge on any atom is 0.116 e. The molecule has 3 aromatic carbocycles. The summed E-state index contributed by atoms with van der Waals surface area (Å²) in [5.41, 5.74) is 5.19. The first-order valence-electron chi connectivity index (χ1n) is 13.5. The van der Waals surface area contributed by atoms with Crippen LogP contribution in [-0.2, 0) is 37.3 Å². The van der Waals surface area contributed by atoms with Crippen LogP contribution in [-0.4, -0.2) is 30.6 Å². The van der Waals surface area contributed by atoms with Crippen LogP contribution in [0.25, 0.3) is 0 Å². The van der Waals surface area contributed by atoms with Gasteiger partial charge >= 0.3 is 0 Å². The summed E-state index contributed by atoms with van der Waals surface area (Å²) >= 11 is 0. The van der Waals surface area contributed by atoms with Crippen molar-refractivity contribution in [1.82, 2.24) is 0 Å². The van der Waals surface area contributed by atoms with Crippen molar-refractivity contribution in [2.45, 2.75) is 90.6 Å². The fourth-order valence-corrected chi connectivity index (χ4v) is 6.65. The number of hydrogen-bond donors (Lipinski definition) is 6. The minimum Gasteiger partial charge on any atom is -0.508 e. The Morgan fingerprint density at radius 1 is 0.474 bits per heavy atom. The van der Waals surface area contributed by atoms with Crippen LogP contribution in [0, 0.1) is 0 Å². The second-order valence-corrected chi connectivity index (χ2v) is 10.1. The predicted octanol–water partition coefficient (Wildman–Crippen LogP) is 5.28. The maximum atomic E-state index is 10.2. The lowest BCUT2D eigenvalue weighted by Crippen LogP contribution is -2.31. The first kappa shape index (κ1) is 29.7. The molecule has 0 atom stereocenters. The SMILES string of the molecule is CCC(CC)(c1ccc(C(CC)(CC)c2c(CO)cc(O)cc2CO)cc1)c1c(CO)cc(O)cc1CO. The molecule has 0 aromatic heterocycles. The zero-order valence-corrected chi connectivity index (χ0v) is 23.0. The molecule has 38 heavy (non-hydrogen) atoms. The predicted molar refractivity (Wildman–Crippen MR) is 149 cm³/mol. The first-order valence-corrected chi connectivity index (χ1v) is 13.5. The normalized spacial score (nSPS) is 12.2. The van der Waals surface area contributed by atoms with Gasteiger partial charge in [0, 0.05) is 10.8 Å². The van der Waals surface area contributed by atoms with Crippen LogP contribution < -0.4 is 0 Å². The van der Waals surface area contributed by atoms with Crippen LogP contribution in [0.2, 0.25) is 0 Å². The average molecular weight is 523 g/mol. The van der Waals surface area contributed by atoms with Crippen molar-refractivity contribution >= 4 is 0 Å². The van der Waals surface area contributed by atoms with Gasteiger partial charge in [-0.05, 0) is 94.5 Å². The molecular weight excluding hydrogens is 480 g/mol. The van der Waals surface area contributed by atoms with Gasteiger partial charge in [-0.2, -0.15) is 0 Å². The molecule has 0 fully saturated rings. The number of aliphatic hydroxyl groups excluding tert-OH is 4. The molecular formula is C32H42O6. The molecule has 0 aliphatic heterocycles. The number of phenols is 2. The van der Waals surface area contributed by atoms with Gasteiger partial charge in [0.1, 0.15) is 11.5 Å². The molecule has 0 saturated carbocycles. The number of aliphatic hydroxyl groups is 4. The van der Waals surface area contributed by atoms with Gasteiger partial charge < -0.3 is 30.6 Å². The van der Waals surface area contributed by atoms with E-state index < -0.39 is 10.8 Å². The summed E-state index contributed by atoms with van der Waals surface area (Å²) in [6.45, 7) is 7.36. The lowest BCUT2D eigenvalue weighted by atomic mass is 9.65. The molecule has 0 aliphatic carbocycles. The van der Waals surface area contributed by atoms with E-state index in [4.69, 9.17) is 0 Å². The van der Waals surface area contributed by atoms with Gasteiger partial charge in [-0.25, -0.2) is 0 Å². The van der Waals surface area contributed by atoms with Crippen LogP contribution in [0.3, 0.4) is 0 Å². The Bertz CT molecular complexity index is 1080. The van der Waals surface area contributed by atoms with Crippen molar-refractivity contribution in [2.75, 3.05) is 0 Å². The number of phenolic OH excluding ortho intramolecular Hbond substituents is 2. The molecule has 0 bridgehead atoms. The molecule has 3 aromatic rings. The summed E-state index contributed by atoms with van der Waals surface area (Å²) in [5, 5.41) is 61.0. The van der Waals surface area contributed by atoms with E-state index in [9.17, 15) is 30.6 Å². The van der Waals surface area contributed by atoms with Gasteiger partial charge in [0.15, 0.2) is 0 Å². The van der Waals surface area contributed by atoms with E-state index in [0.29, 0.717) is 22.3 Å². The van der Waals surface area contributed by atoms with E-state index in [1.807, 2.05) is 0 Å². The Labute approximate surface area is 225 Å². The van der Waals surface area contributed by atoms with E-state index in [0.717, 1.165) is 47.9 Å². The Balaban J connectivity index is 2.26. The minimum atomic E-state index is -0.492. The van der Waals surface area contributed by atoms with Crippen LogP contribution >= 0.6 is 0 Å². The number of rotatable bonds is 12. The van der Waals surface area contributed by atoms with Crippen LogP contribution in [0.5, 0.6) is 11.5 Å². The molecule has 0 unspecified atom stereocenters. The quantitative estimate of drug-likeness (QED) is 0.193. The van der Waals surface area contributed by atoms with Crippen LogP contribution in [0.4, 0.5) is 0 Å². The standard InChI is InChI=1S/C32H42O6/c1-5-31(6-2,29-21(17-33)13-27(37)14-22(29)18-34)25-9-11-26(12-10-25)32(7-3,8-4)30-23(19-35)15-28(38)16-24(30)20-36/h9-16,33-38H,5-8,17-20H2,1-4H3. The zero-order chi connectivity index (χ0) is 28.1. The number of benzene rings is 3. The number of aromatic hydroxyl groups is 2. The molecule has 6 N–H and O–H groups in total. The summed E-state index contributed by atoms with van der Waals surface area (Å²) < 4.78 is 0. The third kappa shape index (κ3) is 4.94. The van der Waals surface area contributed by atoms with Gasteiger partial charge in [-0.15, -0.1) is 0 Å². The van der Waals surface area contributed by atoms with Crippen molar-refractivity contribution in [3.63, 3.8) is 0 Å². The van der Waals surface area contributed by atoms with E-state index >= 15 is 0 Å². The second kappa shape index (κ2) is 12.3. The largest absolute Gasteiger partial charge is 0.508 e. The first-order chi connectivity index (χ1) is 18.2. The zero-order valence-electron chi connectivity index (χ0n) is 23.0. The molecule has 3 rings (SSSR count). The molecule has 0 heterocycles. The summed E-state index contributed by atoms with van der Waals surface area (Å²) in [6.07, 6.45) is 2.90. The fraction of sp³-hybridized carbons (Fsp3) is 0.438. The monoisotopic (exact) mass is 522 g/mol. The third-order valence-corrected chi connectivity index (χ3v) is 8.62. The maximum absolute atomic E-state index is 10.2. The Kier molecular flexibility index (Phi) is 9.60. The van der Waals surface area contributed by atoms with Gasteiger partial charge in [-0.1, -0.05) is 52.0 Å². The Morgan fingerprint density at radius 3 is 0.895 bits per heavy atom. The Morgan fingerprint density at radius 2 is 0.711 bits per heavy atom. The summed E-state index contributed by atoms with van der Waals surface area (Å²) in [6, 6.07) is 14.6. The van der Waals surface area contributed by atoms with Crippen molar-refractivity contribution in [2.24, 2.45) is 0 Å². The average Bonchev–Trinajstić information content (AvgIpc) is 2.95. The summed E-state index contributed by atoms with van der Waals surface area (Å²) in [4.78, 5) is 0. The van der Waals surface area contributed by atoms with Crippen molar-refractivity contribution in [3.05, 3.63) is 93.0 Å². The van der Waals surface area contributed by atoms with Crippen LogP contribution in [0.15, 0.2) is 48.5 Å². The molecule has 0 amide bonds. The summed E-state index contributed by atoms with van der Waals surface area (Å²) in [5.74, 6) is 0.0319. The molecule has 0 radical (unpaired) electrons. The lowest BCUT2D eigenvalue weighted by molar-refractivity contribution is 0.265. The van der Waals surface area contributed by atoms with Gasteiger partial charge in [0.05, 0.1) is 26.4 Å². The highest BCUT2D eigenvalue weighted by molar-refractivity contribution is 5.54. The topological polar surface area (TPSA) is 121 Å². The smallest absolute Gasteiger partial charge is 0.116 e. The van der Waals surface area contributed by atoms with Gasteiger partial charge in [0.25, 0.3) is 0 Å². The molecule has 6 nitrogen and oxygen atoms in total. The van der Waals surface area contributed by atoms with Crippen molar-refractivity contribution in [1.29, 1.82) is 0 Å². The Hall–Kier alpha value is -2.90. The van der Waals surface area contributed by atoms with E-state index in [2.05, 4.69) is 52.0 Å². The molecule has 0 saturated heterocycles.